The number of nitrogens with two attached hydrogens (primary N) is 1. The van der Waals surface area contributed by atoms with Crippen molar-refractivity contribution in [3.8, 4) is 6.07 Å². The van der Waals surface area contributed by atoms with Gasteiger partial charge in [0.2, 0.25) is 0 Å². The summed E-state index contributed by atoms with van der Waals surface area (Å²) >= 11 is 0. The number of pyridine rings is 1. The van der Waals surface area contributed by atoms with Gasteiger partial charge in [0, 0.05) is 6.54 Å². The van der Waals surface area contributed by atoms with Crippen molar-refractivity contribution in [1.82, 2.24) is 4.98 Å². The normalized spacial score (nSPS) is 10.2. The molecular formula is C9H7F2N3O2. The maximum Gasteiger partial charge on any atom is 0.338 e. The molecule has 16 heavy (non-hydrogen) atoms. The number of hydrogen-bond donors (Lipinski definition) is 2. The van der Waals surface area contributed by atoms with Crippen molar-refractivity contribution in [1.29, 1.82) is 5.26 Å². The van der Waals surface area contributed by atoms with E-state index >= 15 is 0 Å². The number of nitrogens with zero attached hydrogens (tertiary/aromatic N) is 2. The van der Waals surface area contributed by atoms with Crippen LogP contribution in [0.1, 0.15) is 33.7 Å². The predicted molar refractivity (Wildman–Crippen MR) is 48.8 cm³/mol. The number of hydrogen-bond acceptors (Lipinski definition) is 4. The average molecular weight is 227 g/mol. The van der Waals surface area contributed by atoms with E-state index in [-0.39, 0.29) is 12.1 Å². The Morgan fingerprint density at radius 1 is 1.69 bits per heavy atom. The molecule has 3 N–H and O–H groups in total. The molecule has 0 aromatic carbocycles. The molecular weight excluding hydrogens is 220 g/mol. The Labute approximate surface area is 89.1 Å². The van der Waals surface area contributed by atoms with E-state index < -0.39 is 29.3 Å². The lowest BCUT2D eigenvalue weighted by Crippen LogP contribution is -2.12. The minimum atomic E-state index is -2.87. The Bertz CT molecular complexity index is 469. The summed E-state index contributed by atoms with van der Waals surface area (Å²) in [5.41, 5.74) is 3.58. The summed E-state index contributed by atoms with van der Waals surface area (Å²) in [5, 5.41) is 17.4. The average Bonchev–Trinajstić information content (AvgIpc) is 2.26. The number of nitriles is 1. The summed E-state index contributed by atoms with van der Waals surface area (Å²) in [6.07, 6.45) is -2.87. The number of carboxylic acid groups (broad SMARTS) is 1. The van der Waals surface area contributed by atoms with Gasteiger partial charge in [-0.05, 0) is 11.6 Å². The minimum Gasteiger partial charge on any atom is -0.478 e. The van der Waals surface area contributed by atoms with Crippen LogP contribution in [0.2, 0.25) is 0 Å². The maximum atomic E-state index is 12.4. The summed E-state index contributed by atoms with van der Waals surface area (Å²) in [6, 6.07) is 2.36. The zero-order valence-corrected chi connectivity index (χ0v) is 7.94. The predicted octanol–water partition coefficient (Wildman–Crippen LogP) is 1.05. The second kappa shape index (κ2) is 4.63. The molecule has 0 fully saturated rings. The van der Waals surface area contributed by atoms with Gasteiger partial charge in [-0.2, -0.15) is 5.26 Å². The largest absolute Gasteiger partial charge is 0.478 e. The first-order chi connectivity index (χ1) is 7.51. The summed E-state index contributed by atoms with van der Waals surface area (Å²) in [5.74, 6) is -1.41. The van der Waals surface area contributed by atoms with E-state index in [1.165, 1.54) is 6.07 Å². The number of aromatic nitrogens is 1. The van der Waals surface area contributed by atoms with Crippen LogP contribution < -0.4 is 5.73 Å². The SMILES string of the molecule is N#Cc1nc(C(F)F)cc(CN)c1C(=O)O. The molecule has 0 amide bonds. The monoisotopic (exact) mass is 227 g/mol. The molecule has 0 saturated carbocycles. The number of halogens is 2. The van der Waals surface area contributed by atoms with Gasteiger partial charge in [-0.1, -0.05) is 0 Å². The van der Waals surface area contributed by atoms with Crippen LogP contribution in [0.15, 0.2) is 6.07 Å². The maximum absolute atomic E-state index is 12.4. The zero-order chi connectivity index (χ0) is 12.3. The molecule has 0 radical (unpaired) electrons. The van der Waals surface area contributed by atoms with Gasteiger partial charge in [0.05, 0.1) is 0 Å². The Hall–Kier alpha value is -2.07. The lowest BCUT2D eigenvalue weighted by Gasteiger charge is -2.07. The van der Waals surface area contributed by atoms with Crippen LogP contribution in [-0.4, -0.2) is 16.1 Å². The third kappa shape index (κ3) is 2.12. The molecule has 1 heterocycles. The van der Waals surface area contributed by atoms with Crippen molar-refractivity contribution in [2.45, 2.75) is 13.0 Å². The number of alkyl halides is 2. The van der Waals surface area contributed by atoms with Crippen LogP contribution in [0.4, 0.5) is 8.78 Å². The minimum absolute atomic E-state index is 0.0330. The fourth-order valence-corrected chi connectivity index (χ4v) is 1.21. The summed E-state index contributed by atoms with van der Waals surface area (Å²) in [7, 11) is 0. The molecule has 5 nitrogen and oxygen atoms in total. The number of carboxylic acids is 1. The van der Waals surface area contributed by atoms with Crippen LogP contribution in [0.5, 0.6) is 0 Å². The van der Waals surface area contributed by atoms with Crippen LogP contribution >= 0.6 is 0 Å². The Kier molecular flexibility index (Phi) is 3.48. The van der Waals surface area contributed by atoms with Gasteiger partial charge in [-0.15, -0.1) is 0 Å². The second-order valence-corrected chi connectivity index (χ2v) is 2.85. The highest BCUT2D eigenvalue weighted by atomic mass is 19.3. The number of aromatic carboxylic acids is 1. The Balaban J connectivity index is 3.51. The summed E-state index contributed by atoms with van der Waals surface area (Å²) in [4.78, 5) is 14.1. The van der Waals surface area contributed by atoms with E-state index in [4.69, 9.17) is 16.1 Å². The van der Waals surface area contributed by atoms with E-state index in [0.29, 0.717) is 0 Å². The van der Waals surface area contributed by atoms with Crippen LogP contribution in [0, 0.1) is 11.3 Å². The van der Waals surface area contributed by atoms with Crippen molar-refractivity contribution in [2.75, 3.05) is 0 Å². The highest BCUT2D eigenvalue weighted by molar-refractivity contribution is 5.91. The Morgan fingerprint density at radius 2 is 2.31 bits per heavy atom. The molecule has 0 bridgehead atoms. The molecule has 0 aliphatic heterocycles. The van der Waals surface area contributed by atoms with Gasteiger partial charge in [0.25, 0.3) is 6.43 Å². The highest BCUT2D eigenvalue weighted by Crippen LogP contribution is 2.21. The van der Waals surface area contributed by atoms with Crippen molar-refractivity contribution >= 4 is 5.97 Å². The summed E-state index contributed by atoms with van der Waals surface area (Å²) < 4.78 is 24.7. The van der Waals surface area contributed by atoms with E-state index in [1.54, 1.807) is 0 Å². The Morgan fingerprint density at radius 3 is 2.69 bits per heavy atom. The lowest BCUT2D eigenvalue weighted by atomic mass is 10.1. The zero-order valence-electron chi connectivity index (χ0n) is 7.94. The van der Waals surface area contributed by atoms with Gasteiger partial charge < -0.3 is 10.8 Å². The van der Waals surface area contributed by atoms with E-state index in [1.807, 2.05) is 0 Å². The van der Waals surface area contributed by atoms with Gasteiger partial charge >= 0.3 is 5.97 Å². The van der Waals surface area contributed by atoms with Crippen LogP contribution in [0.3, 0.4) is 0 Å². The molecule has 0 saturated heterocycles. The third-order valence-electron chi connectivity index (χ3n) is 1.88. The lowest BCUT2D eigenvalue weighted by molar-refractivity contribution is 0.0694. The molecule has 7 heteroatoms. The van der Waals surface area contributed by atoms with Crippen molar-refractivity contribution in [3.05, 3.63) is 28.6 Å². The fourth-order valence-electron chi connectivity index (χ4n) is 1.21. The third-order valence-corrected chi connectivity index (χ3v) is 1.88. The fraction of sp³-hybridized carbons (Fsp3) is 0.222. The topological polar surface area (TPSA) is 100 Å². The number of carbonyl (C=O) groups is 1. The van der Waals surface area contributed by atoms with Gasteiger partial charge in [0.1, 0.15) is 17.3 Å². The highest BCUT2D eigenvalue weighted by Gasteiger charge is 2.20. The first-order valence-electron chi connectivity index (χ1n) is 4.16. The molecule has 1 rings (SSSR count). The second-order valence-electron chi connectivity index (χ2n) is 2.85. The van der Waals surface area contributed by atoms with Crippen LogP contribution in [-0.2, 0) is 6.54 Å². The molecule has 1 aromatic heterocycles. The molecule has 0 aliphatic rings. The van der Waals surface area contributed by atoms with Gasteiger partial charge in [-0.25, -0.2) is 18.6 Å². The molecule has 84 valence electrons. The molecule has 0 aliphatic carbocycles. The number of rotatable bonds is 3. The van der Waals surface area contributed by atoms with Crippen molar-refractivity contribution in [2.24, 2.45) is 5.73 Å². The molecule has 0 spiro atoms. The van der Waals surface area contributed by atoms with Crippen molar-refractivity contribution in [3.63, 3.8) is 0 Å². The van der Waals surface area contributed by atoms with E-state index in [9.17, 15) is 13.6 Å². The molecule has 1 aromatic rings. The standard InChI is InChI=1S/C9H7F2N3O2/c10-8(11)5-1-4(2-12)7(9(15)16)6(3-13)14-5/h1,8H,2,12H2,(H,15,16). The molecule has 0 atom stereocenters. The van der Waals surface area contributed by atoms with Crippen LogP contribution in [0.25, 0.3) is 0 Å². The van der Waals surface area contributed by atoms with Gasteiger partial charge in [0.15, 0.2) is 5.69 Å². The van der Waals surface area contributed by atoms with Gasteiger partial charge in [-0.3, -0.25) is 0 Å². The van der Waals surface area contributed by atoms with E-state index in [2.05, 4.69) is 4.98 Å². The first-order valence-corrected chi connectivity index (χ1v) is 4.16. The smallest absolute Gasteiger partial charge is 0.338 e. The first kappa shape index (κ1) is 12.0. The summed E-state index contributed by atoms with van der Waals surface area (Å²) in [6.45, 7) is -0.251. The van der Waals surface area contributed by atoms with Crippen molar-refractivity contribution < 1.29 is 18.7 Å². The van der Waals surface area contributed by atoms with E-state index in [0.717, 1.165) is 6.07 Å². The quantitative estimate of drug-likeness (QED) is 0.803. The molecule has 0 unspecified atom stereocenters.